The number of hydrogen-bond donors (Lipinski definition) is 1. The van der Waals surface area contributed by atoms with Crippen molar-refractivity contribution in [1.29, 1.82) is 0 Å². The molecule has 1 aliphatic rings. The highest BCUT2D eigenvalue weighted by Gasteiger charge is 2.11. The molecule has 0 radical (unpaired) electrons. The summed E-state index contributed by atoms with van der Waals surface area (Å²) in [4.78, 5) is 11.8. The maximum atomic E-state index is 11.8. The average Bonchev–Trinajstić information content (AvgIpc) is 3.05. The first-order valence-corrected chi connectivity index (χ1v) is 8.36. The standard InChI is InChI=1S/C20H23NO2/c22-20(12-9-16-5-2-1-3-6-16)21-13-14-23-19-11-10-17-7-4-8-18(17)15-19/h1-3,5-6,10-11,15H,4,7-9,12-14H2,(H,21,22). The molecule has 3 heteroatoms. The second-order valence-electron chi connectivity index (χ2n) is 5.97. The van der Waals surface area contributed by atoms with Crippen molar-refractivity contribution in [3.63, 3.8) is 0 Å². The largest absolute Gasteiger partial charge is 0.492 e. The van der Waals surface area contributed by atoms with E-state index in [0.29, 0.717) is 19.6 Å². The number of aryl methyl sites for hydroxylation is 3. The molecule has 0 spiro atoms. The number of carbonyl (C=O) groups is 1. The first-order chi connectivity index (χ1) is 11.3. The Morgan fingerprint density at radius 3 is 2.74 bits per heavy atom. The van der Waals surface area contributed by atoms with Crippen LogP contribution >= 0.6 is 0 Å². The normalized spacial score (nSPS) is 12.7. The molecule has 0 atom stereocenters. The quantitative estimate of drug-likeness (QED) is 0.797. The lowest BCUT2D eigenvalue weighted by Crippen LogP contribution is -2.28. The number of carbonyl (C=O) groups excluding carboxylic acids is 1. The van der Waals surface area contributed by atoms with E-state index >= 15 is 0 Å². The Morgan fingerprint density at radius 1 is 1.04 bits per heavy atom. The molecule has 3 rings (SSSR count). The van der Waals surface area contributed by atoms with E-state index in [4.69, 9.17) is 4.74 Å². The summed E-state index contributed by atoms with van der Waals surface area (Å²) in [6.45, 7) is 1.06. The topological polar surface area (TPSA) is 38.3 Å². The van der Waals surface area contributed by atoms with Crippen LogP contribution in [-0.4, -0.2) is 19.1 Å². The van der Waals surface area contributed by atoms with Gasteiger partial charge in [0.15, 0.2) is 0 Å². The number of hydrogen-bond acceptors (Lipinski definition) is 2. The molecule has 1 aliphatic carbocycles. The minimum Gasteiger partial charge on any atom is -0.492 e. The van der Waals surface area contributed by atoms with Crippen LogP contribution in [0.4, 0.5) is 0 Å². The van der Waals surface area contributed by atoms with Crippen molar-refractivity contribution in [3.8, 4) is 5.75 Å². The summed E-state index contributed by atoms with van der Waals surface area (Å²) >= 11 is 0. The molecule has 23 heavy (non-hydrogen) atoms. The zero-order chi connectivity index (χ0) is 15.9. The molecule has 0 aliphatic heterocycles. The molecular weight excluding hydrogens is 286 g/mol. The maximum absolute atomic E-state index is 11.8. The Hall–Kier alpha value is -2.29. The van der Waals surface area contributed by atoms with Gasteiger partial charge in [0, 0.05) is 6.42 Å². The van der Waals surface area contributed by atoms with E-state index in [1.54, 1.807) is 0 Å². The second kappa shape index (κ2) is 7.82. The van der Waals surface area contributed by atoms with Gasteiger partial charge in [-0.1, -0.05) is 36.4 Å². The SMILES string of the molecule is O=C(CCc1ccccc1)NCCOc1ccc2c(c1)CCC2. The molecule has 0 fully saturated rings. The van der Waals surface area contributed by atoms with Crippen LogP contribution in [0.15, 0.2) is 48.5 Å². The number of amides is 1. The molecule has 120 valence electrons. The smallest absolute Gasteiger partial charge is 0.220 e. The summed E-state index contributed by atoms with van der Waals surface area (Å²) in [5, 5.41) is 2.91. The Kier molecular flexibility index (Phi) is 5.30. The number of nitrogens with one attached hydrogen (secondary N) is 1. The summed E-state index contributed by atoms with van der Waals surface area (Å²) in [6, 6.07) is 16.4. The predicted molar refractivity (Wildman–Crippen MR) is 91.7 cm³/mol. The average molecular weight is 309 g/mol. The van der Waals surface area contributed by atoms with Crippen molar-refractivity contribution >= 4 is 5.91 Å². The van der Waals surface area contributed by atoms with Crippen LogP contribution < -0.4 is 10.1 Å². The van der Waals surface area contributed by atoms with Gasteiger partial charge in [0.1, 0.15) is 12.4 Å². The van der Waals surface area contributed by atoms with Gasteiger partial charge in [-0.3, -0.25) is 4.79 Å². The van der Waals surface area contributed by atoms with Gasteiger partial charge < -0.3 is 10.1 Å². The van der Waals surface area contributed by atoms with Gasteiger partial charge in [0.2, 0.25) is 5.91 Å². The van der Waals surface area contributed by atoms with E-state index in [0.717, 1.165) is 18.6 Å². The van der Waals surface area contributed by atoms with Gasteiger partial charge in [-0.25, -0.2) is 0 Å². The summed E-state index contributed by atoms with van der Waals surface area (Å²) in [5.74, 6) is 0.982. The highest BCUT2D eigenvalue weighted by molar-refractivity contribution is 5.76. The molecule has 0 saturated heterocycles. The van der Waals surface area contributed by atoms with Gasteiger partial charge >= 0.3 is 0 Å². The zero-order valence-electron chi connectivity index (χ0n) is 13.4. The van der Waals surface area contributed by atoms with Gasteiger partial charge in [-0.15, -0.1) is 0 Å². The van der Waals surface area contributed by atoms with Gasteiger partial charge in [0.05, 0.1) is 6.54 Å². The minimum atomic E-state index is 0.0754. The molecular formula is C20H23NO2. The van der Waals surface area contributed by atoms with E-state index in [1.807, 2.05) is 36.4 Å². The van der Waals surface area contributed by atoms with Crippen LogP contribution in [0.25, 0.3) is 0 Å². The number of ether oxygens (including phenoxy) is 1. The van der Waals surface area contributed by atoms with E-state index < -0.39 is 0 Å². The molecule has 1 amide bonds. The molecule has 3 nitrogen and oxygen atoms in total. The number of benzene rings is 2. The van der Waals surface area contributed by atoms with Crippen molar-refractivity contribution in [2.24, 2.45) is 0 Å². The molecule has 0 bridgehead atoms. The second-order valence-corrected chi connectivity index (χ2v) is 5.97. The lowest BCUT2D eigenvalue weighted by molar-refractivity contribution is -0.121. The van der Waals surface area contributed by atoms with Crippen LogP contribution in [-0.2, 0) is 24.1 Å². The maximum Gasteiger partial charge on any atom is 0.220 e. The third-order valence-electron chi connectivity index (χ3n) is 4.25. The Labute approximate surface area is 137 Å². The highest BCUT2D eigenvalue weighted by Crippen LogP contribution is 2.25. The Bertz CT molecular complexity index is 652. The van der Waals surface area contributed by atoms with Gasteiger partial charge in [0.25, 0.3) is 0 Å². The van der Waals surface area contributed by atoms with Crippen LogP contribution in [0.3, 0.4) is 0 Å². The number of fused-ring (bicyclic) bond motifs is 1. The molecule has 2 aromatic carbocycles. The monoisotopic (exact) mass is 309 g/mol. The van der Waals surface area contributed by atoms with Crippen LogP contribution in [0.2, 0.25) is 0 Å². The summed E-state index contributed by atoms with van der Waals surface area (Å²) < 4.78 is 5.73. The zero-order valence-corrected chi connectivity index (χ0v) is 13.4. The van der Waals surface area contributed by atoms with Crippen LogP contribution in [0, 0.1) is 0 Å². The van der Waals surface area contributed by atoms with Crippen molar-refractivity contribution in [3.05, 3.63) is 65.2 Å². The Morgan fingerprint density at radius 2 is 1.87 bits per heavy atom. The van der Waals surface area contributed by atoms with Crippen molar-refractivity contribution < 1.29 is 9.53 Å². The van der Waals surface area contributed by atoms with Crippen LogP contribution in [0.5, 0.6) is 5.75 Å². The van der Waals surface area contributed by atoms with E-state index in [-0.39, 0.29) is 5.91 Å². The molecule has 0 heterocycles. The van der Waals surface area contributed by atoms with Crippen molar-refractivity contribution in [2.75, 3.05) is 13.2 Å². The predicted octanol–water partition coefficient (Wildman–Crippen LogP) is 3.30. The third kappa shape index (κ3) is 4.59. The molecule has 0 unspecified atom stereocenters. The third-order valence-corrected chi connectivity index (χ3v) is 4.25. The fourth-order valence-electron chi connectivity index (χ4n) is 2.99. The van der Waals surface area contributed by atoms with E-state index in [1.165, 1.54) is 29.5 Å². The molecule has 1 N–H and O–H groups in total. The number of rotatable bonds is 7. The molecule has 0 aromatic heterocycles. The molecule has 2 aromatic rings. The van der Waals surface area contributed by atoms with Crippen molar-refractivity contribution in [1.82, 2.24) is 5.32 Å². The van der Waals surface area contributed by atoms with Crippen LogP contribution in [0.1, 0.15) is 29.5 Å². The fraction of sp³-hybridized carbons (Fsp3) is 0.350. The summed E-state index contributed by atoms with van der Waals surface area (Å²) in [5.41, 5.74) is 4.05. The summed E-state index contributed by atoms with van der Waals surface area (Å²) in [7, 11) is 0. The first kappa shape index (κ1) is 15.6. The lowest BCUT2D eigenvalue weighted by atomic mass is 10.1. The lowest BCUT2D eigenvalue weighted by Gasteiger charge is -2.09. The van der Waals surface area contributed by atoms with Gasteiger partial charge in [-0.2, -0.15) is 0 Å². The fourth-order valence-corrected chi connectivity index (χ4v) is 2.99. The highest BCUT2D eigenvalue weighted by atomic mass is 16.5. The first-order valence-electron chi connectivity index (χ1n) is 8.36. The van der Waals surface area contributed by atoms with Gasteiger partial charge in [-0.05, 0) is 54.5 Å². The van der Waals surface area contributed by atoms with Crippen molar-refractivity contribution in [2.45, 2.75) is 32.1 Å². The minimum absolute atomic E-state index is 0.0754. The summed E-state index contributed by atoms with van der Waals surface area (Å²) in [6.07, 6.45) is 4.88. The van der Waals surface area contributed by atoms with E-state index in [2.05, 4.69) is 17.4 Å². The van der Waals surface area contributed by atoms with E-state index in [9.17, 15) is 4.79 Å². The Balaban J connectivity index is 1.34. The molecule has 0 saturated carbocycles.